The molecule has 8 heteroatoms. The van der Waals surface area contributed by atoms with E-state index in [9.17, 15) is 22.8 Å². The Bertz CT molecular complexity index is 1190. The number of amides is 1. The minimum Gasteiger partial charge on any atom is -0.336 e. The number of piperazine rings is 1. The summed E-state index contributed by atoms with van der Waals surface area (Å²) in [6, 6.07) is 11.3. The highest BCUT2D eigenvalue weighted by molar-refractivity contribution is 7.90. The van der Waals surface area contributed by atoms with Gasteiger partial charge in [0.25, 0.3) is 5.91 Å². The number of carbonyl (C=O) groups excluding carboxylic acids is 3. The zero-order valence-corrected chi connectivity index (χ0v) is 17.0. The second-order valence-electron chi connectivity index (χ2n) is 7.90. The number of fused-ring (bicyclic) bond motifs is 2. The summed E-state index contributed by atoms with van der Waals surface area (Å²) in [6.07, 6.45) is 1.43. The maximum absolute atomic E-state index is 13.0. The molecule has 0 bridgehead atoms. The summed E-state index contributed by atoms with van der Waals surface area (Å²) >= 11 is 0. The van der Waals surface area contributed by atoms with Gasteiger partial charge >= 0.3 is 0 Å². The molecule has 1 saturated heterocycles. The quantitative estimate of drug-likeness (QED) is 0.638. The minimum atomic E-state index is -3.24. The Morgan fingerprint density at radius 2 is 1.37 bits per heavy atom. The van der Waals surface area contributed by atoms with Gasteiger partial charge in [0.2, 0.25) is 10.0 Å². The van der Waals surface area contributed by atoms with Crippen molar-refractivity contribution in [2.75, 3.05) is 26.2 Å². The molecule has 1 heterocycles. The highest BCUT2D eigenvalue weighted by Gasteiger charge is 2.41. The van der Waals surface area contributed by atoms with Gasteiger partial charge in [-0.1, -0.05) is 24.3 Å². The molecule has 30 heavy (non-hydrogen) atoms. The first kappa shape index (κ1) is 19.1. The van der Waals surface area contributed by atoms with Gasteiger partial charge in [0.15, 0.2) is 11.6 Å². The van der Waals surface area contributed by atoms with E-state index in [2.05, 4.69) is 0 Å². The monoisotopic (exact) mass is 424 g/mol. The highest BCUT2D eigenvalue weighted by atomic mass is 32.2. The molecule has 0 atom stereocenters. The lowest BCUT2D eigenvalue weighted by atomic mass is 9.83. The lowest BCUT2D eigenvalue weighted by molar-refractivity contribution is 0.0697. The van der Waals surface area contributed by atoms with Gasteiger partial charge in [0.1, 0.15) is 0 Å². The van der Waals surface area contributed by atoms with E-state index in [1.54, 1.807) is 35.2 Å². The van der Waals surface area contributed by atoms with Gasteiger partial charge in [0.05, 0.1) is 5.25 Å². The van der Waals surface area contributed by atoms with E-state index in [0.29, 0.717) is 48.2 Å². The van der Waals surface area contributed by atoms with Crippen LogP contribution in [0.3, 0.4) is 0 Å². The maximum atomic E-state index is 13.0. The SMILES string of the molecule is O=C1c2ccccc2C(=O)c2cc(C(=O)N3CCN(S(=O)(=O)C4CC4)CC3)ccc21. The fraction of sp³-hybridized carbons (Fsp3) is 0.318. The van der Waals surface area contributed by atoms with Crippen molar-refractivity contribution >= 4 is 27.5 Å². The Morgan fingerprint density at radius 1 is 0.800 bits per heavy atom. The van der Waals surface area contributed by atoms with Crippen LogP contribution < -0.4 is 0 Å². The van der Waals surface area contributed by atoms with Crippen LogP contribution in [0.25, 0.3) is 0 Å². The molecule has 154 valence electrons. The first-order valence-electron chi connectivity index (χ1n) is 9.98. The van der Waals surface area contributed by atoms with Crippen LogP contribution in [0.15, 0.2) is 42.5 Å². The number of rotatable bonds is 3. The van der Waals surface area contributed by atoms with E-state index < -0.39 is 10.0 Å². The Kier molecular flexibility index (Phi) is 4.37. The van der Waals surface area contributed by atoms with E-state index >= 15 is 0 Å². The molecule has 3 aliphatic rings. The largest absolute Gasteiger partial charge is 0.336 e. The van der Waals surface area contributed by atoms with Gasteiger partial charge in [-0.15, -0.1) is 0 Å². The molecule has 2 fully saturated rings. The van der Waals surface area contributed by atoms with Crippen LogP contribution in [0.5, 0.6) is 0 Å². The Balaban J connectivity index is 1.37. The zero-order valence-electron chi connectivity index (χ0n) is 16.2. The van der Waals surface area contributed by atoms with Crippen molar-refractivity contribution in [3.05, 3.63) is 70.3 Å². The third-order valence-corrected chi connectivity index (χ3v) is 8.40. The van der Waals surface area contributed by atoms with Gasteiger partial charge < -0.3 is 4.90 Å². The lowest BCUT2D eigenvalue weighted by Gasteiger charge is -2.34. The summed E-state index contributed by atoms with van der Waals surface area (Å²) < 4.78 is 26.2. The van der Waals surface area contributed by atoms with Crippen LogP contribution in [0.1, 0.15) is 55.0 Å². The highest BCUT2D eigenvalue weighted by Crippen LogP contribution is 2.32. The summed E-state index contributed by atoms with van der Waals surface area (Å²) in [6.45, 7) is 1.16. The minimum absolute atomic E-state index is 0.224. The molecule has 1 aliphatic heterocycles. The van der Waals surface area contributed by atoms with E-state index in [-0.39, 0.29) is 41.4 Å². The van der Waals surface area contributed by atoms with E-state index in [4.69, 9.17) is 0 Å². The van der Waals surface area contributed by atoms with E-state index in [1.807, 2.05) is 0 Å². The number of ketones is 2. The van der Waals surface area contributed by atoms with Crippen LogP contribution in [-0.4, -0.2) is 66.5 Å². The fourth-order valence-electron chi connectivity index (χ4n) is 4.14. The van der Waals surface area contributed by atoms with Crippen molar-refractivity contribution in [2.45, 2.75) is 18.1 Å². The molecule has 1 amide bonds. The zero-order chi connectivity index (χ0) is 21.0. The molecule has 0 radical (unpaired) electrons. The summed E-state index contributed by atoms with van der Waals surface area (Å²) in [5, 5.41) is -0.258. The normalized spacial score (nSPS) is 19.4. The van der Waals surface area contributed by atoms with Crippen LogP contribution >= 0.6 is 0 Å². The second-order valence-corrected chi connectivity index (χ2v) is 10.1. The van der Waals surface area contributed by atoms with Crippen molar-refractivity contribution in [3.63, 3.8) is 0 Å². The van der Waals surface area contributed by atoms with Gasteiger partial charge in [0, 0.05) is 54.0 Å². The van der Waals surface area contributed by atoms with Crippen molar-refractivity contribution < 1.29 is 22.8 Å². The van der Waals surface area contributed by atoms with Crippen molar-refractivity contribution in [3.8, 4) is 0 Å². The number of carbonyl (C=O) groups is 3. The Morgan fingerprint density at radius 3 is 1.97 bits per heavy atom. The smallest absolute Gasteiger partial charge is 0.253 e. The topological polar surface area (TPSA) is 91.8 Å². The Labute approximate surface area is 174 Å². The fourth-order valence-corrected chi connectivity index (χ4v) is 5.96. The molecule has 0 unspecified atom stereocenters. The molecule has 0 N–H and O–H groups in total. The van der Waals surface area contributed by atoms with E-state index in [0.717, 1.165) is 0 Å². The molecule has 7 nitrogen and oxygen atoms in total. The predicted octanol–water partition coefficient (Wildman–Crippen LogP) is 1.71. The number of benzene rings is 2. The molecular formula is C22H20N2O5S. The summed E-state index contributed by atoms with van der Waals surface area (Å²) in [7, 11) is -3.24. The number of sulfonamides is 1. The van der Waals surface area contributed by atoms with Gasteiger partial charge in [-0.2, -0.15) is 4.31 Å². The molecular weight excluding hydrogens is 404 g/mol. The molecule has 2 aromatic rings. The predicted molar refractivity (Wildman–Crippen MR) is 109 cm³/mol. The van der Waals surface area contributed by atoms with E-state index in [1.165, 1.54) is 16.4 Å². The van der Waals surface area contributed by atoms with Crippen LogP contribution in [0.2, 0.25) is 0 Å². The van der Waals surface area contributed by atoms with Gasteiger partial charge in [-0.25, -0.2) is 8.42 Å². The lowest BCUT2D eigenvalue weighted by Crippen LogP contribution is -2.51. The average Bonchev–Trinajstić information content (AvgIpc) is 3.63. The van der Waals surface area contributed by atoms with Crippen LogP contribution in [0.4, 0.5) is 0 Å². The standard InChI is InChI=1S/C22H20N2O5S/c25-20-16-3-1-2-4-17(16)21(26)19-13-14(5-8-18(19)20)22(27)23-9-11-24(12-10-23)30(28,29)15-6-7-15/h1-5,8,13,15H,6-7,9-12H2. The third kappa shape index (κ3) is 2.98. The molecule has 2 aliphatic carbocycles. The van der Waals surface area contributed by atoms with Crippen molar-refractivity contribution in [1.29, 1.82) is 0 Å². The average molecular weight is 424 g/mol. The second kappa shape index (κ2) is 6.85. The van der Waals surface area contributed by atoms with Gasteiger partial charge in [-0.3, -0.25) is 14.4 Å². The Hall–Kier alpha value is -2.84. The maximum Gasteiger partial charge on any atom is 0.253 e. The summed E-state index contributed by atoms with van der Waals surface area (Å²) in [5.41, 5.74) is 1.59. The molecule has 5 rings (SSSR count). The molecule has 0 spiro atoms. The number of hydrogen-bond donors (Lipinski definition) is 0. The van der Waals surface area contributed by atoms with Gasteiger partial charge in [-0.05, 0) is 31.0 Å². The summed E-state index contributed by atoms with van der Waals surface area (Å²) in [5.74, 6) is -0.756. The van der Waals surface area contributed by atoms with Crippen molar-refractivity contribution in [2.24, 2.45) is 0 Å². The first-order chi connectivity index (χ1) is 14.4. The number of nitrogens with zero attached hydrogens (tertiary/aromatic N) is 2. The molecule has 2 aromatic carbocycles. The number of hydrogen-bond acceptors (Lipinski definition) is 5. The molecule has 0 aromatic heterocycles. The summed E-state index contributed by atoms with van der Waals surface area (Å²) in [4.78, 5) is 40.2. The van der Waals surface area contributed by atoms with Crippen LogP contribution in [0, 0.1) is 0 Å². The first-order valence-corrected chi connectivity index (χ1v) is 11.5. The third-order valence-electron chi connectivity index (χ3n) is 6.00. The van der Waals surface area contributed by atoms with Crippen molar-refractivity contribution in [1.82, 2.24) is 9.21 Å². The van der Waals surface area contributed by atoms with Crippen LogP contribution in [-0.2, 0) is 10.0 Å². The molecule has 1 saturated carbocycles.